The summed E-state index contributed by atoms with van der Waals surface area (Å²) in [6.07, 6.45) is 11.8. The Labute approximate surface area is 231 Å². The van der Waals surface area contributed by atoms with E-state index < -0.39 is 11.9 Å². The van der Waals surface area contributed by atoms with E-state index in [1.165, 1.54) is 63.7 Å². The lowest BCUT2D eigenvalue weighted by molar-refractivity contribution is -0.134. The third kappa shape index (κ3) is 5.61. The smallest absolute Gasteiger partial charge is 0.328 e. The quantitative estimate of drug-likeness (QED) is 0.498. The molecule has 3 unspecified atom stereocenters. The standard InChI is InChI=1S/C28H36N2O.C4H4O4/c1-31-26-15-18-30(23-10-3-2-4-11-23)28(26)16-19-29(20-17-28)25-14-13-22-8-5-7-21-9-6-12-24(25)27(21)22;5-3(6)1-2-4(7)8/h2-4,6,9-12,22,25-26H,5,7-8,13-20H2,1H3;1-2H,(H,5,6)(H,7,8). The first-order chi connectivity index (χ1) is 18.9. The monoisotopic (exact) mass is 532 g/mol. The van der Waals surface area contributed by atoms with E-state index in [1.54, 1.807) is 16.7 Å². The molecule has 2 aromatic rings. The predicted molar refractivity (Wildman–Crippen MR) is 151 cm³/mol. The molecule has 208 valence electrons. The number of carboxylic acids is 2. The molecule has 0 aromatic heterocycles. The van der Waals surface area contributed by atoms with E-state index in [2.05, 4.69) is 58.3 Å². The lowest BCUT2D eigenvalue weighted by Crippen LogP contribution is -2.58. The van der Waals surface area contributed by atoms with Gasteiger partial charge in [-0.15, -0.1) is 0 Å². The molecule has 6 rings (SSSR count). The number of para-hydroxylation sites is 1. The highest BCUT2D eigenvalue weighted by Gasteiger charge is 2.51. The van der Waals surface area contributed by atoms with Gasteiger partial charge in [-0.05, 0) is 86.1 Å². The molecule has 2 saturated heterocycles. The van der Waals surface area contributed by atoms with Crippen molar-refractivity contribution in [1.29, 1.82) is 0 Å². The molecule has 0 amide bonds. The van der Waals surface area contributed by atoms with E-state index in [0.29, 0.717) is 24.3 Å². The third-order valence-electron chi connectivity index (χ3n) is 9.36. The summed E-state index contributed by atoms with van der Waals surface area (Å²) >= 11 is 0. The van der Waals surface area contributed by atoms with Crippen LogP contribution in [0.5, 0.6) is 0 Å². The first-order valence-electron chi connectivity index (χ1n) is 14.3. The molecule has 2 heterocycles. The molecule has 7 nitrogen and oxygen atoms in total. The first kappa shape index (κ1) is 27.4. The summed E-state index contributed by atoms with van der Waals surface area (Å²) in [7, 11) is 1.92. The molecule has 2 aromatic carbocycles. The van der Waals surface area contributed by atoms with Crippen molar-refractivity contribution in [2.24, 2.45) is 0 Å². The highest BCUT2D eigenvalue weighted by molar-refractivity contribution is 5.89. The minimum atomic E-state index is -1.26. The molecular weight excluding hydrogens is 492 g/mol. The summed E-state index contributed by atoms with van der Waals surface area (Å²) in [6, 6.07) is 18.8. The minimum absolute atomic E-state index is 0.153. The van der Waals surface area contributed by atoms with Crippen molar-refractivity contribution < 1.29 is 24.5 Å². The number of rotatable bonds is 5. The van der Waals surface area contributed by atoms with E-state index in [-0.39, 0.29) is 5.54 Å². The van der Waals surface area contributed by atoms with E-state index in [4.69, 9.17) is 14.9 Å². The molecular formula is C32H40N2O5. The zero-order valence-corrected chi connectivity index (χ0v) is 22.8. The molecule has 1 spiro atoms. The third-order valence-corrected chi connectivity index (χ3v) is 9.36. The molecule has 0 bridgehead atoms. The number of piperidine rings is 1. The summed E-state index contributed by atoms with van der Waals surface area (Å²) in [4.78, 5) is 24.6. The number of likely N-dealkylation sites (tertiary alicyclic amines) is 1. The summed E-state index contributed by atoms with van der Waals surface area (Å²) in [5.74, 6) is -1.69. The number of nitrogens with zero attached hydrogens (tertiary/aromatic N) is 2. The number of hydrogen-bond donors (Lipinski definition) is 2. The fourth-order valence-corrected chi connectivity index (χ4v) is 7.71. The van der Waals surface area contributed by atoms with Gasteiger partial charge in [0.25, 0.3) is 0 Å². The Balaban J connectivity index is 0.000000339. The molecule has 2 fully saturated rings. The maximum Gasteiger partial charge on any atom is 0.328 e. The van der Waals surface area contributed by atoms with Crippen molar-refractivity contribution in [2.75, 3.05) is 31.6 Å². The molecule has 2 aliphatic carbocycles. The second-order valence-electron chi connectivity index (χ2n) is 11.3. The molecule has 4 aliphatic rings. The summed E-state index contributed by atoms with van der Waals surface area (Å²) in [6.45, 7) is 3.48. The van der Waals surface area contributed by atoms with Gasteiger partial charge in [-0.25, -0.2) is 9.59 Å². The van der Waals surface area contributed by atoms with Crippen LogP contribution in [0.1, 0.15) is 73.6 Å². The number of methoxy groups -OCH3 is 1. The van der Waals surface area contributed by atoms with Gasteiger partial charge in [0, 0.05) is 50.6 Å². The topological polar surface area (TPSA) is 90.3 Å². The van der Waals surface area contributed by atoms with E-state index in [0.717, 1.165) is 18.9 Å². The summed E-state index contributed by atoms with van der Waals surface area (Å²) in [5, 5.41) is 15.6. The van der Waals surface area contributed by atoms with Crippen LogP contribution in [0.2, 0.25) is 0 Å². The van der Waals surface area contributed by atoms with Crippen molar-refractivity contribution >= 4 is 17.6 Å². The van der Waals surface area contributed by atoms with Crippen LogP contribution < -0.4 is 4.90 Å². The minimum Gasteiger partial charge on any atom is -0.478 e. The molecule has 2 N–H and O–H groups in total. The van der Waals surface area contributed by atoms with Crippen molar-refractivity contribution in [3.05, 3.63) is 77.4 Å². The fourth-order valence-electron chi connectivity index (χ4n) is 7.71. The van der Waals surface area contributed by atoms with Gasteiger partial charge in [0.2, 0.25) is 0 Å². The van der Waals surface area contributed by atoms with Crippen LogP contribution in [0.3, 0.4) is 0 Å². The Morgan fingerprint density at radius 2 is 1.62 bits per heavy atom. The SMILES string of the molecule is COC1CCN(c2ccccc2)C12CCN(C1CCC3CCCc4cccc1c43)CC2.O=C(O)C=CC(=O)O. The highest BCUT2D eigenvalue weighted by Crippen LogP contribution is 2.49. The lowest BCUT2D eigenvalue weighted by Gasteiger charge is -2.51. The van der Waals surface area contributed by atoms with Crippen molar-refractivity contribution in [1.82, 2.24) is 4.90 Å². The van der Waals surface area contributed by atoms with Crippen LogP contribution in [0.15, 0.2) is 60.7 Å². The van der Waals surface area contributed by atoms with E-state index in [9.17, 15) is 9.59 Å². The van der Waals surface area contributed by atoms with Crippen molar-refractivity contribution in [3.8, 4) is 0 Å². The van der Waals surface area contributed by atoms with Gasteiger partial charge in [0.05, 0.1) is 11.6 Å². The van der Waals surface area contributed by atoms with Gasteiger partial charge < -0.3 is 19.8 Å². The molecule has 0 radical (unpaired) electrons. The second-order valence-corrected chi connectivity index (χ2v) is 11.3. The van der Waals surface area contributed by atoms with Gasteiger partial charge >= 0.3 is 11.9 Å². The van der Waals surface area contributed by atoms with Gasteiger partial charge in [0.15, 0.2) is 0 Å². The maximum absolute atomic E-state index is 9.55. The highest BCUT2D eigenvalue weighted by atomic mass is 16.5. The Morgan fingerprint density at radius 1 is 0.897 bits per heavy atom. The number of carbonyl (C=O) groups is 2. The average molecular weight is 533 g/mol. The van der Waals surface area contributed by atoms with Crippen LogP contribution in [0.4, 0.5) is 5.69 Å². The number of ether oxygens (including phenoxy) is 1. The van der Waals surface area contributed by atoms with Crippen LogP contribution in [-0.4, -0.2) is 65.4 Å². The average Bonchev–Trinajstić information content (AvgIpc) is 3.31. The summed E-state index contributed by atoms with van der Waals surface area (Å²) in [5.41, 5.74) is 6.58. The van der Waals surface area contributed by atoms with Gasteiger partial charge in [-0.3, -0.25) is 4.90 Å². The van der Waals surface area contributed by atoms with Crippen molar-refractivity contribution in [3.63, 3.8) is 0 Å². The molecule has 3 atom stereocenters. The molecule has 7 heteroatoms. The number of hydrogen-bond acceptors (Lipinski definition) is 5. The first-order valence-corrected chi connectivity index (χ1v) is 14.3. The van der Waals surface area contributed by atoms with Gasteiger partial charge in [0.1, 0.15) is 0 Å². The van der Waals surface area contributed by atoms with Crippen LogP contribution >= 0.6 is 0 Å². The maximum atomic E-state index is 9.55. The molecule has 39 heavy (non-hydrogen) atoms. The van der Waals surface area contributed by atoms with Crippen LogP contribution in [-0.2, 0) is 20.7 Å². The zero-order chi connectivity index (χ0) is 27.4. The number of benzene rings is 2. The Bertz CT molecular complexity index is 1170. The lowest BCUT2D eigenvalue weighted by atomic mass is 9.71. The van der Waals surface area contributed by atoms with Gasteiger partial charge in [-0.2, -0.15) is 0 Å². The Hall–Kier alpha value is -3.16. The molecule has 0 saturated carbocycles. The van der Waals surface area contributed by atoms with Gasteiger partial charge in [-0.1, -0.05) is 36.4 Å². The summed E-state index contributed by atoms with van der Waals surface area (Å²) < 4.78 is 6.08. The number of carboxylic acid groups (broad SMARTS) is 2. The Kier molecular flexibility index (Phi) is 8.38. The second kappa shape index (κ2) is 11.9. The van der Waals surface area contributed by atoms with E-state index >= 15 is 0 Å². The van der Waals surface area contributed by atoms with E-state index in [1.807, 2.05) is 7.11 Å². The number of aryl methyl sites for hydroxylation is 1. The molecule has 2 aliphatic heterocycles. The van der Waals surface area contributed by atoms with Crippen LogP contribution in [0, 0.1) is 0 Å². The number of aliphatic carboxylic acids is 2. The fraction of sp³-hybridized carbons (Fsp3) is 0.500. The Morgan fingerprint density at radius 3 is 2.28 bits per heavy atom. The predicted octanol–water partition coefficient (Wildman–Crippen LogP) is 5.41. The normalized spacial score (nSPS) is 25.7. The number of anilines is 1. The van der Waals surface area contributed by atoms with Crippen LogP contribution in [0.25, 0.3) is 0 Å². The largest absolute Gasteiger partial charge is 0.478 e. The van der Waals surface area contributed by atoms with Crippen molar-refractivity contribution in [2.45, 2.75) is 75.0 Å². The zero-order valence-electron chi connectivity index (χ0n) is 22.8.